The number of nitrogens with one attached hydrogen (secondary N) is 1. The normalized spacial score (nSPS) is 25.1. The summed E-state index contributed by atoms with van der Waals surface area (Å²) in [5.74, 6) is 0.972. The molecule has 2 unspecified atom stereocenters. The quantitative estimate of drug-likeness (QED) is 0.756. The predicted octanol–water partition coefficient (Wildman–Crippen LogP) is 2.85. The van der Waals surface area contributed by atoms with Gasteiger partial charge in [-0.2, -0.15) is 0 Å². The van der Waals surface area contributed by atoms with Gasteiger partial charge in [0.05, 0.1) is 5.02 Å². The average molecular weight is 328 g/mol. The fourth-order valence-electron chi connectivity index (χ4n) is 3.20. The van der Waals surface area contributed by atoms with Gasteiger partial charge in [-0.05, 0) is 49.6 Å². The molecule has 1 heterocycles. The Hall–Kier alpha value is -0.780. The molecular weight excluding hydrogens is 306 g/mol. The number of halogens is 1. The molecule has 116 valence electrons. The van der Waals surface area contributed by atoms with E-state index in [1.165, 1.54) is 0 Å². The predicted molar refractivity (Wildman–Crippen MR) is 87.5 cm³/mol. The minimum absolute atomic E-state index is 0.215. The third-order valence-corrected chi connectivity index (χ3v) is 5.64. The molecule has 2 rings (SSSR count). The molecule has 1 aliphatic rings. The summed E-state index contributed by atoms with van der Waals surface area (Å²) < 4.78 is 0. The van der Waals surface area contributed by atoms with Crippen molar-refractivity contribution in [1.82, 2.24) is 10.3 Å². The number of primary amides is 1. The molecule has 0 aliphatic heterocycles. The first-order valence-corrected chi connectivity index (χ1v) is 8.74. The highest BCUT2D eigenvalue weighted by Crippen LogP contribution is 2.39. The van der Waals surface area contributed by atoms with Crippen LogP contribution < -0.4 is 11.1 Å². The summed E-state index contributed by atoms with van der Waals surface area (Å²) in [5.41, 5.74) is 5.15. The molecule has 6 heteroatoms. The van der Waals surface area contributed by atoms with Gasteiger partial charge in [0.25, 0.3) is 0 Å². The van der Waals surface area contributed by atoms with Crippen LogP contribution in [0.1, 0.15) is 32.6 Å². The largest absolute Gasteiger partial charge is 0.368 e. The van der Waals surface area contributed by atoms with Crippen LogP contribution >= 0.6 is 23.4 Å². The van der Waals surface area contributed by atoms with Crippen molar-refractivity contribution in [3.63, 3.8) is 0 Å². The molecule has 1 saturated carbocycles. The minimum Gasteiger partial charge on any atom is -0.368 e. The van der Waals surface area contributed by atoms with Gasteiger partial charge in [0.2, 0.25) is 5.91 Å². The lowest BCUT2D eigenvalue weighted by Crippen LogP contribution is -2.57. The first-order valence-electron chi connectivity index (χ1n) is 7.38. The fourth-order valence-corrected chi connectivity index (χ4v) is 4.43. The molecule has 1 aliphatic carbocycles. The van der Waals surface area contributed by atoms with Gasteiger partial charge in [-0.25, -0.2) is 4.98 Å². The highest BCUT2D eigenvalue weighted by molar-refractivity contribution is 7.99. The van der Waals surface area contributed by atoms with Gasteiger partial charge in [0.1, 0.15) is 10.6 Å². The molecule has 4 nitrogen and oxygen atoms in total. The number of likely N-dealkylation sites (N-methyl/N-ethyl adjacent to an activating group) is 1. The summed E-state index contributed by atoms with van der Waals surface area (Å²) in [7, 11) is 0. The van der Waals surface area contributed by atoms with Crippen LogP contribution in [0.15, 0.2) is 23.4 Å². The zero-order valence-electron chi connectivity index (χ0n) is 12.3. The Labute approximate surface area is 135 Å². The maximum absolute atomic E-state index is 11.9. The van der Waals surface area contributed by atoms with E-state index in [1.807, 2.05) is 19.1 Å². The van der Waals surface area contributed by atoms with Crippen molar-refractivity contribution in [1.29, 1.82) is 0 Å². The van der Waals surface area contributed by atoms with Crippen LogP contribution in [-0.4, -0.2) is 28.7 Å². The minimum atomic E-state index is -0.525. The second-order valence-corrected chi connectivity index (χ2v) is 6.87. The van der Waals surface area contributed by atoms with Gasteiger partial charge in [-0.15, -0.1) is 11.8 Å². The van der Waals surface area contributed by atoms with Crippen molar-refractivity contribution in [2.75, 3.05) is 12.3 Å². The van der Waals surface area contributed by atoms with E-state index in [2.05, 4.69) is 10.3 Å². The maximum Gasteiger partial charge on any atom is 0.238 e. The molecule has 1 fully saturated rings. The number of hydrogen-bond acceptors (Lipinski definition) is 4. The summed E-state index contributed by atoms with van der Waals surface area (Å²) in [6.07, 6.45) is 5.63. The Morgan fingerprint density at radius 3 is 3.14 bits per heavy atom. The Morgan fingerprint density at radius 1 is 1.67 bits per heavy atom. The number of carbonyl (C=O) groups excluding carboxylic acids is 1. The lowest BCUT2D eigenvalue weighted by atomic mass is 9.84. The number of aromatic nitrogens is 1. The second kappa shape index (κ2) is 7.47. The molecule has 1 aromatic rings. The van der Waals surface area contributed by atoms with E-state index in [9.17, 15) is 4.79 Å². The van der Waals surface area contributed by atoms with Crippen LogP contribution in [0, 0.1) is 5.92 Å². The summed E-state index contributed by atoms with van der Waals surface area (Å²) in [6, 6.07) is 3.67. The van der Waals surface area contributed by atoms with E-state index < -0.39 is 5.54 Å². The highest BCUT2D eigenvalue weighted by atomic mass is 35.5. The molecule has 0 radical (unpaired) electrons. The number of nitrogens with zero attached hydrogens (tertiary/aromatic N) is 1. The second-order valence-electron chi connectivity index (χ2n) is 5.38. The van der Waals surface area contributed by atoms with E-state index in [-0.39, 0.29) is 5.91 Å². The zero-order valence-corrected chi connectivity index (χ0v) is 13.8. The van der Waals surface area contributed by atoms with Crippen LogP contribution in [0.4, 0.5) is 0 Å². The van der Waals surface area contributed by atoms with Crippen LogP contribution in [0.5, 0.6) is 0 Å². The van der Waals surface area contributed by atoms with Crippen molar-refractivity contribution < 1.29 is 4.79 Å². The number of pyridine rings is 1. The Kier molecular flexibility index (Phi) is 5.90. The number of carbonyl (C=O) groups is 1. The van der Waals surface area contributed by atoms with Crippen LogP contribution in [0.25, 0.3) is 0 Å². The lowest BCUT2D eigenvalue weighted by molar-refractivity contribution is -0.125. The molecule has 3 N–H and O–H groups in total. The van der Waals surface area contributed by atoms with Crippen LogP contribution in [0.3, 0.4) is 0 Å². The van der Waals surface area contributed by atoms with Crippen molar-refractivity contribution >= 4 is 29.3 Å². The van der Waals surface area contributed by atoms with Crippen molar-refractivity contribution in [3.8, 4) is 0 Å². The number of thioether (sulfide) groups is 1. The lowest BCUT2D eigenvalue weighted by Gasteiger charge is -2.33. The van der Waals surface area contributed by atoms with E-state index >= 15 is 0 Å². The molecule has 21 heavy (non-hydrogen) atoms. The zero-order chi connectivity index (χ0) is 15.3. The van der Waals surface area contributed by atoms with Gasteiger partial charge in [-0.3, -0.25) is 4.79 Å². The maximum atomic E-state index is 11.9. The average Bonchev–Trinajstić information content (AvgIpc) is 2.86. The fraction of sp³-hybridized carbons (Fsp3) is 0.600. The van der Waals surface area contributed by atoms with E-state index in [4.69, 9.17) is 17.3 Å². The topological polar surface area (TPSA) is 68.0 Å². The number of rotatable bonds is 7. The molecular formula is C15H22ClN3OS. The first kappa shape index (κ1) is 16.6. The summed E-state index contributed by atoms with van der Waals surface area (Å²) in [6.45, 7) is 2.78. The third-order valence-electron chi connectivity index (χ3n) is 4.18. The molecule has 0 saturated heterocycles. The summed E-state index contributed by atoms with van der Waals surface area (Å²) in [4.78, 5) is 16.2. The Morgan fingerprint density at radius 2 is 2.48 bits per heavy atom. The van der Waals surface area contributed by atoms with Gasteiger partial charge in [-0.1, -0.05) is 24.9 Å². The standard InChI is InChI=1S/C15H22ClN3OS/c1-2-19-15(14(17)20)8-3-5-11(15)7-10-21-13-12(16)6-4-9-18-13/h4,6,9,11,19H,2-3,5,7-8,10H2,1H3,(H2,17,20). The SMILES string of the molecule is CCNC1(C(N)=O)CCCC1CCSc1ncccc1Cl. The summed E-state index contributed by atoms with van der Waals surface area (Å²) >= 11 is 7.75. The highest BCUT2D eigenvalue weighted by Gasteiger charge is 2.46. The van der Waals surface area contributed by atoms with Gasteiger partial charge in [0, 0.05) is 6.20 Å². The van der Waals surface area contributed by atoms with Crippen molar-refractivity contribution in [2.24, 2.45) is 11.7 Å². The molecule has 1 amide bonds. The van der Waals surface area contributed by atoms with Crippen LogP contribution in [0.2, 0.25) is 5.02 Å². The van der Waals surface area contributed by atoms with Gasteiger partial charge >= 0.3 is 0 Å². The van der Waals surface area contributed by atoms with Crippen molar-refractivity contribution in [3.05, 3.63) is 23.4 Å². The summed E-state index contributed by atoms with van der Waals surface area (Å²) in [5, 5.41) is 4.88. The number of amides is 1. The molecule has 0 bridgehead atoms. The monoisotopic (exact) mass is 327 g/mol. The molecule has 2 atom stereocenters. The third kappa shape index (κ3) is 3.71. The van der Waals surface area contributed by atoms with E-state index in [0.717, 1.165) is 43.0 Å². The number of nitrogens with two attached hydrogens (primary N) is 1. The van der Waals surface area contributed by atoms with Gasteiger partial charge < -0.3 is 11.1 Å². The van der Waals surface area contributed by atoms with E-state index in [0.29, 0.717) is 10.9 Å². The smallest absolute Gasteiger partial charge is 0.238 e. The molecule has 1 aromatic heterocycles. The first-order chi connectivity index (χ1) is 10.1. The van der Waals surface area contributed by atoms with Crippen molar-refractivity contribution in [2.45, 2.75) is 43.2 Å². The number of hydrogen-bond donors (Lipinski definition) is 2. The Balaban J connectivity index is 1.95. The molecule has 0 spiro atoms. The molecule has 0 aromatic carbocycles. The van der Waals surface area contributed by atoms with Gasteiger partial charge in [0.15, 0.2) is 0 Å². The van der Waals surface area contributed by atoms with Crippen LogP contribution in [-0.2, 0) is 4.79 Å². The van der Waals surface area contributed by atoms with E-state index in [1.54, 1.807) is 18.0 Å². The Bertz CT molecular complexity index is 500.